The summed E-state index contributed by atoms with van der Waals surface area (Å²) in [6.45, 7) is 4.45. The van der Waals surface area contributed by atoms with Gasteiger partial charge in [0.2, 0.25) is 0 Å². The van der Waals surface area contributed by atoms with Gasteiger partial charge in [0, 0.05) is 7.05 Å². The molecule has 1 aliphatic rings. The molecule has 1 heterocycles. The van der Waals surface area contributed by atoms with Gasteiger partial charge >= 0.3 is 0 Å². The molecule has 19 heavy (non-hydrogen) atoms. The van der Waals surface area contributed by atoms with Crippen molar-refractivity contribution in [1.82, 2.24) is 15.2 Å². The molecule has 0 bridgehead atoms. The molecule has 3 N–H and O–H groups in total. The lowest BCUT2D eigenvalue weighted by molar-refractivity contribution is 0.214. The molecule has 1 aromatic rings. The largest absolute Gasteiger partial charge is 0.271 e. The molecule has 0 radical (unpaired) electrons. The van der Waals surface area contributed by atoms with Gasteiger partial charge in [-0.25, -0.2) is 0 Å². The molecule has 4 nitrogen and oxygen atoms in total. The Bertz CT molecular complexity index is 391. The van der Waals surface area contributed by atoms with Crippen LogP contribution in [0.1, 0.15) is 63.4 Å². The van der Waals surface area contributed by atoms with Crippen molar-refractivity contribution in [3.8, 4) is 0 Å². The van der Waals surface area contributed by atoms with Gasteiger partial charge in [-0.2, -0.15) is 5.10 Å². The van der Waals surface area contributed by atoms with Crippen molar-refractivity contribution >= 4 is 0 Å². The van der Waals surface area contributed by atoms with Crippen molar-refractivity contribution in [1.29, 1.82) is 0 Å². The maximum absolute atomic E-state index is 5.83. The number of hydrogen-bond donors (Lipinski definition) is 2. The standard InChI is InChI=1S/C15H28N4/c1-4-11-6-8-12(9-7-11)15(17-16)14-10-13(5-2)18-19(14)3/h10-12,15,17H,4-9,16H2,1-3H3. The van der Waals surface area contributed by atoms with Gasteiger partial charge in [-0.1, -0.05) is 33.1 Å². The maximum Gasteiger partial charge on any atom is 0.0657 e. The summed E-state index contributed by atoms with van der Waals surface area (Å²) in [7, 11) is 2.02. The third-order valence-corrected chi connectivity index (χ3v) is 4.77. The summed E-state index contributed by atoms with van der Waals surface area (Å²) in [6.07, 6.45) is 7.54. The summed E-state index contributed by atoms with van der Waals surface area (Å²) in [4.78, 5) is 0. The predicted molar refractivity (Wildman–Crippen MR) is 78.4 cm³/mol. The van der Waals surface area contributed by atoms with Gasteiger partial charge in [0.25, 0.3) is 0 Å². The highest BCUT2D eigenvalue weighted by Gasteiger charge is 2.29. The number of hydrazine groups is 1. The highest BCUT2D eigenvalue weighted by atomic mass is 15.3. The third-order valence-electron chi connectivity index (χ3n) is 4.77. The molecule has 0 aliphatic heterocycles. The molecule has 1 fully saturated rings. The van der Waals surface area contributed by atoms with Crippen molar-refractivity contribution in [3.63, 3.8) is 0 Å². The summed E-state index contributed by atoms with van der Waals surface area (Å²) in [5.74, 6) is 7.40. The molecule has 108 valence electrons. The summed E-state index contributed by atoms with van der Waals surface area (Å²) < 4.78 is 2.00. The van der Waals surface area contributed by atoms with Crippen molar-refractivity contribution < 1.29 is 0 Å². The molecule has 1 unspecified atom stereocenters. The van der Waals surface area contributed by atoms with Crippen LogP contribution in [-0.4, -0.2) is 9.78 Å². The van der Waals surface area contributed by atoms with Crippen LogP contribution in [0.5, 0.6) is 0 Å². The van der Waals surface area contributed by atoms with Crippen LogP contribution in [-0.2, 0) is 13.5 Å². The molecule has 1 atom stereocenters. The first-order valence-corrected chi connectivity index (χ1v) is 7.68. The predicted octanol–water partition coefficient (Wildman–Crippen LogP) is 2.70. The molecule has 1 aliphatic carbocycles. The SMILES string of the molecule is CCc1cc(C(NN)C2CCC(CC)CC2)n(C)n1. The molecular weight excluding hydrogens is 236 g/mol. The Morgan fingerprint density at radius 3 is 2.53 bits per heavy atom. The second-order valence-corrected chi connectivity index (χ2v) is 5.87. The molecule has 0 aromatic carbocycles. The van der Waals surface area contributed by atoms with E-state index in [1.54, 1.807) is 0 Å². The number of nitrogens with two attached hydrogens (primary N) is 1. The van der Waals surface area contributed by atoms with Crippen LogP contribution in [0.4, 0.5) is 0 Å². The van der Waals surface area contributed by atoms with E-state index in [9.17, 15) is 0 Å². The monoisotopic (exact) mass is 264 g/mol. The first kappa shape index (κ1) is 14.5. The van der Waals surface area contributed by atoms with E-state index < -0.39 is 0 Å². The zero-order chi connectivity index (χ0) is 13.8. The molecular formula is C15H28N4. The molecule has 1 saturated carbocycles. The normalized spacial score (nSPS) is 25.5. The van der Waals surface area contributed by atoms with Gasteiger partial charge in [0.1, 0.15) is 0 Å². The van der Waals surface area contributed by atoms with Crippen molar-refractivity contribution in [2.45, 2.75) is 58.4 Å². The van der Waals surface area contributed by atoms with Crippen LogP contribution in [0.3, 0.4) is 0 Å². The van der Waals surface area contributed by atoms with Gasteiger partial charge in [-0.05, 0) is 37.2 Å². The Kier molecular flexibility index (Phi) is 4.99. The van der Waals surface area contributed by atoms with E-state index in [1.807, 2.05) is 11.7 Å². The van der Waals surface area contributed by atoms with Crippen LogP contribution < -0.4 is 11.3 Å². The Balaban J connectivity index is 2.09. The maximum atomic E-state index is 5.83. The molecule has 1 aromatic heterocycles. The van der Waals surface area contributed by atoms with E-state index in [-0.39, 0.29) is 6.04 Å². The van der Waals surface area contributed by atoms with E-state index in [0.29, 0.717) is 5.92 Å². The lowest BCUT2D eigenvalue weighted by Gasteiger charge is -2.33. The quantitative estimate of drug-likeness (QED) is 0.635. The number of rotatable bonds is 5. The van der Waals surface area contributed by atoms with Crippen LogP contribution in [0, 0.1) is 11.8 Å². The average molecular weight is 264 g/mol. The van der Waals surface area contributed by atoms with Gasteiger partial charge in [0.15, 0.2) is 0 Å². The minimum absolute atomic E-state index is 0.246. The Hall–Kier alpha value is -0.870. The van der Waals surface area contributed by atoms with Crippen LogP contribution in [0.25, 0.3) is 0 Å². The van der Waals surface area contributed by atoms with E-state index in [4.69, 9.17) is 5.84 Å². The molecule has 2 rings (SSSR count). The molecule has 0 amide bonds. The zero-order valence-electron chi connectivity index (χ0n) is 12.5. The Morgan fingerprint density at radius 2 is 2.05 bits per heavy atom. The van der Waals surface area contributed by atoms with Crippen molar-refractivity contribution in [2.75, 3.05) is 0 Å². The van der Waals surface area contributed by atoms with Crippen LogP contribution in [0.15, 0.2) is 6.07 Å². The molecule has 0 spiro atoms. The highest BCUT2D eigenvalue weighted by molar-refractivity contribution is 5.15. The Labute approximate surface area is 116 Å². The van der Waals surface area contributed by atoms with E-state index in [0.717, 1.165) is 18.0 Å². The summed E-state index contributed by atoms with van der Waals surface area (Å²) in [6, 6.07) is 2.45. The van der Waals surface area contributed by atoms with Crippen molar-refractivity contribution in [2.24, 2.45) is 24.7 Å². The third kappa shape index (κ3) is 3.18. The number of aryl methyl sites for hydroxylation is 2. The van der Waals surface area contributed by atoms with Gasteiger partial charge < -0.3 is 0 Å². The first-order valence-electron chi connectivity index (χ1n) is 7.68. The average Bonchev–Trinajstić information content (AvgIpc) is 2.82. The molecule has 0 saturated heterocycles. The van der Waals surface area contributed by atoms with Gasteiger partial charge in [-0.3, -0.25) is 16.0 Å². The molecule has 4 heteroatoms. The van der Waals surface area contributed by atoms with E-state index in [1.165, 1.54) is 37.8 Å². The number of aromatic nitrogens is 2. The fourth-order valence-electron chi connectivity index (χ4n) is 3.40. The summed E-state index contributed by atoms with van der Waals surface area (Å²) >= 11 is 0. The minimum atomic E-state index is 0.246. The highest BCUT2D eigenvalue weighted by Crippen LogP contribution is 2.37. The van der Waals surface area contributed by atoms with Crippen molar-refractivity contribution in [3.05, 3.63) is 17.5 Å². The fourth-order valence-corrected chi connectivity index (χ4v) is 3.40. The lowest BCUT2D eigenvalue weighted by atomic mass is 9.77. The van der Waals surface area contributed by atoms with E-state index >= 15 is 0 Å². The van der Waals surface area contributed by atoms with E-state index in [2.05, 4.69) is 30.4 Å². The smallest absolute Gasteiger partial charge is 0.0657 e. The van der Waals surface area contributed by atoms with Crippen LogP contribution >= 0.6 is 0 Å². The number of nitrogens with zero attached hydrogens (tertiary/aromatic N) is 2. The second-order valence-electron chi connectivity index (χ2n) is 5.87. The Morgan fingerprint density at radius 1 is 1.37 bits per heavy atom. The second kappa shape index (κ2) is 6.53. The van der Waals surface area contributed by atoms with Gasteiger partial charge in [-0.15, -0.1) is 0 Å². The summed E-state index contributed by atoms with van der Waals surface area (Å²) in [5, 5.41) is 4.55. The van der Waals surface area contributed by atoms with Crippen LogP contribution in [0.2, 0.25) is 0 Å². The minimum Gasteiger partial charge on any atom is -0.271 e. The van der Waals surface area contributed by atoms with Gasteiger partial charge in [0.05, 0.1) is 17.4 Å². The number of nitrogens with one attached hydrogen (secondary N) is 1. The number of hydrogen-bond acceptors (Lipinski definition) is 3. The topological polar surface area (TPSA) is 55.9 Å². The fraction of sp³-hybridized carbons (Fsp3) is 0.800. The lowest BCUT2D eigenvalue weighted by Crippen LogP contribution is -2.36. The zero-order valence-corrected chi connectivity index (χ0v) is 12.5. The first-order chi connectivity index (χ1) is 9.19. The summed E-state index contributed by atoms with van der Waals surface area (Å²) in [5.41, 5.74) is 5.43.